The first-order valence-electron chi connectivity index (χ1n) is 8.18. The molecule has 1 fully saturated rings. The zero-order chi connectivity index (χ0) is 16.0. The standard InChI is InChI=1S/C18H26ClNO2/c1-14(11-15-5-7-16(19)8-6-15)17(22)20-12-18(13-21)9-3-2-4-10-18/h5-8,14,21H,2-4,9-13H2,1H3,(H,20,22). The van der Waals surface area contributed by atoms with Crippen LogP contribution in [0, 0.1) is 11.3 Å². The average Bonchev–Trinajstić information content (AvgIpc) is 2.55. The predicted octanol–water partition coefficient (Wildman–Crippen LogP) is 3.58. The van der Waals surface area contributed by atoms with Crippen molar-refractivity contribution in [1.82, 2.24) is 5.32 Å². The van der Waals surface area contributed by atoms with E-state index in [0.29, 0.717) is 18.0 Å². The Labute approximate surface area is 138 Å². The minimum Gasteiger partial charge on any atom is -0.396 e. The van der Waals surface area contributed by atoms with Crippen molar-refractivity contribution in [2.45, 2.75) is 45.4 Å². The van der Waals surface area contributed by atoms with Crippen molar-refractivity contribution < 1.29 is 9.90 Å². The molecule has 0 spiro atoms. The van der Waals surface area contributed by atoms with Crippen molar-refractivity contribution in [1.29, 1.82) is 0 Å². The van der Waals surface area contributed by atoms with Crippen LogP contribution in [0.25, 0.3) is 0 Å². The lowest BCUT2D eigenvalue weighted by Gasteiger charge is -2.36. The van der Waals surface area contributed by atoms with Crippen molar-refractivity contribution >= 4 is 17.5 Å². The van der Waals surface area contributed by atoms with Crippen molar-refractivity contribution in [2.75, 3.05) is 13.2 Å². The lowest BCUT2D eigenvalue weighted by atomic mass is 9.74. The van der Waals surface area contributed by atoms with Crippen LogP contribution in [0.3, 0.4) is 0 Å². The molecule has 1 aromatic rings. The number of aliphatic hydroxyl groups excluding tert-OH is 1. The molecule has 2 N–H and O–H groups in total. The number of hydrogen-bond donors (Lipinski definition) is 2. The zero-order valence-corrected chi connectivity index (χ0v) is 14.0. The van der Waals surface area contributed by atoms with Crippen LogP contribution in [0.4, 0.5) is 0 Å². The fourth-order valence-corrected chi connectivity index (χ4v) is 3.33. The molecule has 0 heterocycles. The topological polar surface area (TPSA) is 49.3 Å². The van der Waals surface area contributed by atoms with Gasteiger partial charge in [0.05, 0.1) is 6.61 Å². The Morgan fingerprint density at radius 1 is 1.27 bits per heavy atom. The Bertz CT molecular complexity index is 480. The van der Waals surface area contributed by atoms with E-state index in [0.717, 1.165) is 31.2 Å². The van der Waals surface area contributed by atoms with E-state index in [-0.39, 0.29) is 23.8 Å². The second kappa shape index (κ2) is 7.98. The maximum absolute atomic E-state index is 12.3. The van der Waals surface area contributed by atoms with Crippen LogP contribution in [0.2, 0.25) is 5.02 Å². The second-order valence-corrected chi connectivity index (χ2v) is 7.10. The van der Waals surface area contributed by atoms with Gasteiger partial charge in [-0.3, -0.25) is 4.79 Å². The smallest absolute Gasteiger partial charge is 0.223 e. The number of amides is 1. The molecule has 1 saturated carbocycles. The van der Waals surface area contributed by atoms with E-state index < -0.39 is 0 Å². The van der Waals surface area contributed by atoms with Crippen LogP contribution < -0.4 is 5.32 Å². The highest BCUT2D eigenvalue weighted by Gasteiger charge is 2.32. The van der Waals surface area contributed by atoms with Gasteiger partial charge in [0.15, 0.2) is 0 Å². The van der Waals surface area contributed by atoms with Crippen molar-refractivity contribution in [3.63, 3.8) is 0 Å². The van der Waals surface area contributed by atoms with Crippen LogP contribution in [0.15, 0.2) is 24.3 Å². The molecule has 22 heavy (non-hydrogen) atoms. The third kappa shape index (κ3) is 4.72. The summed E-state index contributed by atoms with van der Waals surface area (Å²) in [4.78, 5) is 12.3. The van der Waals surface area contributed by atoms with Crippen LogP contribution in [-0.4, -0.2) is 24.2 Å². The summed E-state index contributed by atoms with van der Waals surface area (Å²) in [5.74, 6) is -0.0196. The summed E-state index contributed by atoms with van der Waals surface area (Å²) in [6.07, 6.45) is 6.26. The first-order valence-corrected chi connectivity index (χ1v) is 8.55. The quantitative estimate of drug-likeness (QED) is 0.840. The van der Waals surface area contributed by atoms with E-state index in [2.05, 4.69) is 5.32 Å². The lowest BCUT2D eigenvalue weighted by molar-refractivity contribution is -0.125. The van der Waals surface area contributed by atoms with E-state index in [1.807, 2.05) is 31.2 Å². The fraction of sp³-hybridized carbons (Fsp3) is 0.611. The summed E-state index contributed by atoms with van der Waals surface area (Å²) < 4.78 is 0. The van der Waals surface area contributed by atoms with E-state index in [4.69, 9.17) is 11.6 Å². The second-order valence-electron chi connectivity index (χ2n) is 6.67. The first-order chi connectivity index (χ1) is 10.5. The van der Waals surface area contributed by atoms with E-state index in [1.165, 1.54) is 6.42 Å². The Morgan fingerprint density at radius 2 is 1.91 bits per heavy atom. The van der Waals surface area contributed by atoms with Gasteiger partial charge >= 0.3 is 0 Å². The maximum atomic E-state index is 12.3. The summed E-state index contributed by atoms with van der Waals surface area (Å²) in [7, 11) is 0. The van der Waals surface area contributed by atoms with Crippen LogP contribution >= 0.6 is 11.6 Å². The molecule has 1 aromatic carbocycles. The van der Waals surface area contributed by atoms with Crippen LogP contribution in [0.5, 0.6) is 0 Å². The maximum Gasteiger partial charge on any atom is 0.223 e. The largest absolute Gasteiger partial charge is 0.396 e. The molecule has 0 aliphatic heterocycles. The number of carbonyl (C=O) groups is 1. The Balaban J connectivity index is 1.84. The molecule has 1 atom stereocenters. The summed E-state index contributed by atoms with van der Waals surface area (Å²) >= 11 is 5.87. The molecular weight excluding hydrogens is 298 g/mol. The molecule has 0 saturated heterocycles. The predicted molar refractivity (Wildman–Crippen MR) is 89.9 cm³/mol. The summed E-state index contributed by atoms with van der Waals surface area (Å²) in [5, 5.41) is 13.5. The molecular formula is C18H26ClNO2. The average molecular weight is 324 g/mol. The normalized spacial score (nSPS) is 18.7. The number of nitrogens with one attached hydrogen (secondary N) is 1. The number of halogens is 1. The SMILES string of the molecule is CC(Cc1ccc(Cl)cc1)C(=O)NCC1(CO)CCCCC1. The molecule has 2 rings (SSSR count). The van der Waals surface area contributed by atoms with E-state index in [1.54, 1.807) is 0 Å². The molecule has 1 aliphatic carbocycles. The summed E-state index contributed by atoms with van der Waals surface area (Å²) in [5.41, 5.74) is 1.01. The molecule has 1 aliphatic rings. The number of aliphatic hydroxyl groups is 1. The molecule has 122 valence electrons. The van der Waals surface area contributed by atoms with Gasteiger partial charge in [0.2, 0.25) is 5.91 Å². The van der Waals surface area contributed by atoms with Gasteiger partial charge in [0.25, 0.3) is 0 Å². The summed E-state index contributed by atoms with van der Waals surface area (Å²) in [6.45, 7) is 2.70. The van der Waals surface area contributed by atoms with Gasteiger partial charge in [-0.15, -0.1) is 0 Å². The lowest BCUT2D eigenvalue weighted by Crippen LogP contribution is -2.43. The van der Waals surface area contributed by atoms with Crippen molar-refractivity contribution in [3.8, 4) is 0 Å². The highest BCUT2D eigenvalue weighted by atomic mass is 35.5. The number of hydrogen-bond acceptors (Lipinski definition) is 2. The van der Waals surface area contributed by atoms with Gasteiger partial charge in [-0.05, 0) is 37.0 Å². The Hall–Kier alpha value is -1.06. The highest BCUT2D eigenvalue weighted by molar-refractivity contribution is 6.30. The van der Waals surface area contributed by atoms with Gasteiger partial charge in [0.1, 0.15) is 0 Å². The first kappa shape index (κ1) is 17.3. The zero-order valence-electron chi connectivity index (χ0n) is 13.3. The molecule has 3 nitrogen and oxygen atoms in total. The third-order valence-corrected chi connectivity index (χ3v) is 5.04. The van der Waals surface area contributed by atoms with Crippen molar-refractivity contribution in [2.24, 2.45) is 11.3 Å². The molecule has 0 aromatic heterocycles. The molecule has 1 amide bonds. The summed E-state index contributed by atoms with van der Waals surface area (Å²) in [6, 6.07) is 7.62. The van der Waals surface area contributed by atoms with E-state index in [9.17, 15) is 9.90 Å². The van der Waals surface area contributed by atoms with Gasteiger partial charge < -0.3 is 10.4 Å². The molecule has 1 unspecified atom stereocenters. The molecule has 0 bridgehead atoms. The van der Waals surface area contributed by atoms with Gasteiger partial charge in [-0.25, -0.2) is 0 Å². The van der Waals surface area contributed by atoms with E-state index >= 15 is 0 Å². The molecule has 4 heteroatoms. The van der Waals surface area contributed by atoms with Crippen LogP contribution in [-0.2, 0) is 11.2 Å². The van der Waals surface area contributed by atoms with Crippen LogP contribution in [0.1, 0.15) is 44.6 Å². The third-order valence-electron chi connectivity index (χ3n) is 4.79. The minimum atomic E-state index is -0.103. The van der Waals surface area contributed by atoms with Crippen molar-refractivity contribution in [3.05, 3.63) is 34.9 Å². The number of rotatable bonds is 6. The monoisotopic (exact) mass is 323 g/mol. The fourth-order valence-electron chi connectivity index (χ4n) is 3.21. The minimum absolute atomic E-state index is 0.0633. The number of benzene rings is 1. The van der Waals surface area contributed by atoms with Gasteiger partial charge in [-0.1, -0.05) is 49.9 Å². The molecule has 0 radical (unpaired) electrons. The van der Waals surface area contributed by atoms with Gasteiger partial charge in [0, 0.05) is 22.9 Å². The number of carbonyl (C=O) groups excluding carboxylic acids is 1. The van der Waals surface area contributed by atoms with Gasteiger partial charge in [-0.2, -0.15) is 0 Å². The Morgan fingerprint density at radius 3 is 2.50 bits per heavy atom. The Kier molecular flexibility index (Phi) is 6.27. The highest BCUT2D eigenvalue weighted by Crippen LogP contribution is 2.35.